The van der Waals surface area contributed by atoms with Crippen LogP contribution < -0.4 is 10.1 Å². The number of halogens is 3. The van der Waals surface area contributed by atoms with Gasteiger partial charge in [0.25, 0.3) is 0 Å². The van der Waals surface area contributed by atoms with Gasteiger partial charge >= 0.3 is 0 Å². The molecular formula is C20H19Cl3N4O2S. The van der Waals surface area contributed by atoms with E-state index in [1.165, 1.54) is 11.8 Å². The highest BCUT2D eigenvalue weighted by molar-refractivity contribution is 7.99. The first-order valence-corrected chi connectivity index (χ1v) is 11.1. The number of amides is 1. The highest BCUT2D eigenvalue weighted by atomic mass is 35.5. The van der Waals surface area contributed by atoms with Gasteiger partial charge in [0.1, 0.15) is 5.75 Å². The number of ether oxygens (including phenoxy) is 1. The Morgan fingerprint density at radius 1 is 1.20 bits per heavy atom. The molecular weight excluding hydrogens is 467 g/mol. The van der Waals surface area contributed by atoms with Gasteiger partial charge in [-0.3, -0.25) is 4.79 Å². The van der Waals surface area contributed by atoms with E-state index in [0.29, 0.717) is 37.5 Å². The summed E-state index contributed by atoms with van der Waals surface area (Å²) < 4.78 is 7.68. The molecule has 1 heterocycles. The number of rotatable bonds is 7. The predicted octanol–water partition coefficient (Wildman–Crippen LogP) is 5.95. The number of anilines is 1. The summed E-state index contributed by atoms with van der Waals surface area (Å²) in [6, 6.07) is 10.4. The molecule has 0 bridgehead atoms. The minimum Gasteiger partial charge on any atom is -0.481 e. The quantitative estimate of drug-likeness (QED) is 0.418. The van der Waals surface area contributed by atoms with Crippen LogP contribution in [-0.4, -0.2) is 26.4 Å². The third-order valence-electron chi connectivity index (χ3n) is 4.30. The molecule has 30 heavy (non-hydrogen) atoms. The second-order valence-corrected chi connectivity index (χ2v) is 8.68. The normalized spacial score (nSPS) is 11.9. The Bertz CT molecular complexity index is 1070. The van der Waals surface area contributed by atoms with Crippen LogP contribution in [0.5, 0.6) is 5.75 Å². The summed E-state index contributed by atoms with van der Waals surface area (Å²) in [5.74, 6) is 1.12. The van der Waals surface area contributed by atoms with Crippen molar-refractivity contribution in [3.63, 3.8) is 0 Å². The van der Waals surface area contributed by atoms with Gasteiger partial charge in [0.15, 0.2) is 17.1 Å². The molecule has 0 radical (unpaired) electrons. The molecule has 1 unspecified atom stereocenters. The first-order valence-electron chi connectivity index (χ1n) is 8.95. The molecule has 0 aliphatic carbocycles. The molecule has 0 saturated carbocycles. The molecule has 2 aromatic carbocycles. The lowest BCUT2D eigenvalue weighted by Gasteiger charge is -2.15. The highest BCUT2D eigenvalue weighted by Crippen LogP contribution is 2.31. The van der Waals surface area contributed by atoms with Crippen LogP contribution in [-0.2, 0) is 11.8 Å². The number of hydrogen-bond acceptors (Lipinski definition) is 5. The molecule has 3 aromatic rings. The Kier molecular flexibility index (Phi) is 7.52. The van der Waals surface area contributed by atoms with E-state index < -0.39 is 6.10 Å². The zero-order chi connectivity index (χ0) is 21.8. The average Bonchev–Trinajstić information content (AvgIpc) is 3.06. The van der Waals surface area contributed by atoms with Crippen molar-refractivity contribution in [2.24, 2.45) is 7.05 Å². The minimum atomic E-state index is -0.404. The summed E-state index contributed by atoms with van der Waals surface area (Å²) in [5, 5.41) is 13.4. The fourth-order valence-electron chi connectivity index (χ4n) is 2.68. The standard InChI is InChI=1S/C20H19Cl3N4O2S/c1-11-14(22)5-4-6-16(11)24-18(28)10-30-20-26-25-19(27(20)3)12(2)29-17-8-7-13(21)9-15(17)23/h4-9,12H,10H2,1-3H3,(H,24,28). The van der Waals surface area contributed by atoms with Gasteiger partial charge in [0, 0.05) is 22.8 Å². The van der Waals surface area contributed by atoms with Gasteiger partial charge in [0.2, 0.25) is 5.91 Å². The number of nitrogens with zero attached hydrogens (tertiary/aromatic N) is 3. The van der Waals surface area contributed by atoms with Gasteiger partial charge in [-0.05, 0) is 49.7 Å². The Hall–Kier alpha value is -1.93. The van der Waals surface area contributed by atoms with E-state index in [1.54, 1.807) is 34.9 Å². The molecule has 3 rings (SSSR count). The first-order chi connectivity index (χ1) is 14.3. The number of nitrogens with one attached hydrogen (secondary N) is 1. The molecule has 0 spiro atoms. The second kappa shape index (κ2) is 9.92. The molecule has 10 heteroatoms. The zero-order valence-corrected chi connectivity index (χ0v) is 19.5. The summed E-state index contributed by atoms with van der Waals surface area (Å²) in [6.07, 6.45) is -0.404. The van der Waals surface area contributed by atoms with Crippen LogP contribution in [0.3, 0.4) is 0 Å². The van der Waals surface area contributed by atoms with Crippen molar-refractivity contribution in [3.05, 3.63) is 62.9 Å². The maximum Gasteiger partial charge on any atom is 0.234 e. The molecule has 6 nitrogen and oxygen atoms in total. The number of hydrogen-bond donors (Lipinski definition) is 1. The van der Waals surface area contributed by atoms with Gasteiger partial charge < -0.3 is 14.6 Å². The average molecular weight is 486 g/mol. The van der Waals surface area contributed by atoms with Crippen molar-refractivity contribution in [2.75, 3.05) is 11.1 Å². The van der Waals surface area contributed by atoms with Gasteiger partial charge in [-0.2, -0.15) is 0 Å². The van der Waals surface area contributed by atoms with Crippen molar-refractivity contribution in [1.29, 1.82) is 0 Å². The largest absolute Gasteiger partial charge is 0.481 e. The van der Waals surface area contributed by atoms with Crippen molar-refractivity contribution in [3.8, 4) is 5.75 Å². The van der Waals surface area contributed by atoms with Gasteiger partial charge in [0.05, 0.1) is 10.8 Å². The molecule has 158 valence electrons. The smallest absolute Gasteiger partial charge is 0.234 e. The van der Waals surface area contributed by atoms with E-state index >= 15 is 0 Å². The number of thioether (sulfide) groups is 1. The molecule has 1 N–H and O–H groups in total. The molecule has 0 aliphatic rings. The van der Waals surface area contributed by atoms with E-state index in [0.717, 1.165) is 5.56 Å². The Balaban J connectivity index is 1.62. The topological polar surface area (TPSA) is 69.0 Å². The van der Waals surface area contributed by atoms with E-state index in [1.807, 2.05) is 27.0 Å². The lowest BCUT2D eigenvalue weighted by molar-refractivity contribution is -0.113. The fraction of sp³-hybridized carbons (Fsp3) is 0.250. The maximum absolute atomic E-state index is 12.3. The third kappa shape index (κ3) is 5.40. The Morgan fingerprint density at radius 2 is 1.97 bits per heavy atom. The number of benzene rings is 2. The maximum atomic E-state index is 12.3. The van der Waals surface area contributed by atoms with Gasteiger partial charge in [-0.25, -0.2) is 0 Å². The van der Waals surface area contributed by atoms with E-state index in [9.17, 15) is 4.79 Å². The van der Waals surface area contributed by atoms with Crippen molar-refractivity contribution >= 4 is 58.2 Å². The lowest BCUT2D eigenvalue weighted by Crippen LogP contribution is -2.15. The van der Waals surface area contributed by atoms with Gasteiger partial charge in [-0.15, -0.1) is 10.2 Å². The van der Waals surface area contributed by atoms with Crippen LogP contribution in [0, 0.1) is 6.92 Å². The Labute approximate surface area is 193 Å². The first kappa shape index (κ1) is 22.7. The third-order valence-corrected chi connectivity index (χ3v) is 6.26. The molecule has 1 aromatic heterocycles. The van der Waals surface area contributed by atoms with E-state index in [2.05, 4.69) is 15.5 Å². The fourth-order valence-corrected chi connectivity index (χ4v) is 4.02. The van der Waals surface area contributed by atoms with E-state index in [-0.39, 0.29) is 11.7 Å². The number of aromatic nitrogens is 3. The highest BCUT2D eigenvalue weighted by Gasteiger charge is 2.19. The van der Waals surface area contributed by atoms with Crippen molar-refractivity contribution < 1.29 is 9.53 Å². The van der Waals surface area contributed by atoms with Crippen LogP contribution in [0.25, 0.3) is 0 Å². The van der Waals surface area contributed by atoms with Crippen LogP contribution in [0.15, 0.2) is 41.6 Å². The number of carbonyl (C=O) groups excluding carboxylic acids is 1. The van der Waals surface area contributed by atoms with Crippen LogP contribution in [0.2, 0.25) is 15.1 Å². The van der Waals surface area contributed by atoms with Crippen molar-refractivity contribution in [2.45, 2.75) is 25.1 Å². The molecule has 1 atom stereocenters. The SMILES string of the molecule is Cc1c(Cl)cccc1NC(=O)CSc1nnc(C(C)Oc2ccc(Cl)cc2Cl)n1C. The predicted molar refractivity (Wildman–Crippen MR) is 122 cm³/mol. The molecule has 0 saturated heterocycles. The minimum absolute atomic E-state index is 0.160. The second-order valence-electron chi connectivity index (χ2n) is 6.48. The van der Waals surface area contributed by atoms with Crippen LogP contribution >= 0.6 is 46.6 Å². The molecule has 1 amide bonds. The zero-order valence-electron chi connectivity index (χ0n) is 16.4. The molecule has 0 aliphatic heterocycles. The summed E-state index contributed by atoms with van der Waals surface area (Å²) in [4.78, 5) is 12.3. The molecule has 0 fully saturated rings. The van der Waals surface area contributed by atoms with Crippen LogP contribution in [0.1, 0.15) is 24.4 Å². The number of carbonyl (C=O) groups is 1. The lowest BCUT2D eigenvalue weighted by atomic mass is 10.2. The van der Waals surface area contributed by atoms with Gasteiger partial charge in [-0.1, -0.05) is 52.6 Å². The van der Waals surface area contributed by atoms with Crippen LogP contribution in [0.4, 0.5) is 5.69 Å². The summed E-state index contributed by atoms with van der Waals surface area (Å²) in [5.41, 5.74) is 1.51. The summed E-state index contributed by atoms with van der Waals surface area (Å²) in [7, 11) is 1.82. The Morgan fingerprint density at radius 3 is 2.70 bits per heavy atom. The monoisotopic (exact) mass is 484 g/mol. The van der Waals surface area contributed by atoms with Crippen molar-refractivity contribution in [1.82, 2.24) is 14.8 Å². The van der Waals surface area contributed by atoms with E-state index in [4.69, 9.17) is 39.5 Å². The summed E-state index contributed by atoms with van der Waals surface area (Å²) >= 11 is 19.5. The summed E-state index contributed by atoms with van der Waals surface area (Å²) in [6.45, 7) is 3.70.